The van der Waals surface area contributed by atoms with Gasteiger partial charge >= 0.3 is 0 Å². The SMILES string of the molecule is CCCC(=O)Nc1c2c(nn1-c1ccc(C)cc1)CS(=O)C2. The van der Waals surface area contributed by atoms with Gasteiger partial charge in [0.25, 0.3) is 0 Å². The number of rotatable bonds is 4. The number of hydrogen-bond acceptors (Lipinski definition) is 3. The molecular formula is C16H19N3O2S. The number of benzene rings is 1. The van der Waals surface area contributed by atoms with Crippen molar-refractivity contribution in [3.8, 4) is 5.69 Å². The number of aromatic nitrogens is 2. The fourth-order valence-electron chi connectivity index (χ4n) is 2.55. The third-order valence-corrected chi connectivity index (χ3v) is 4.89. The molecule has 0 saturated carbocycles. The monoisotopic (exact) mass is 317 g/mol. The second kappa shape index (κ2) is 6.04. The summed E-state index contributed by atoms with van der Waals surface area (Å²) in [6, 6.07) is 7.98. The van der Waals surface area contributed by atoms with E-state index < -0.39 is 10.8 Å². The number of amides is 1. The highest BCUT2D eigenvalue weighted by Crippen LogP contribution is 2.31. The lowest BCUT2D eigenvalue weighted by Gasteiger charge is -2.11. The van der Waals surface area contributed by atoms with Crippen LogP contribution >= 0.6 is 0 Å². The van der Waals surface area contributed by atoms with Gasteiger partial charge in [0.15, 0.2) is 0 Å². The molecule has 1 aliphatic rings. The van der Waals surface area contributed by atoms with Crippen LogP contribution < -0.4 is 5.32 Å². The molecule has 2 heterocycles. The van der Waals surface area contributed by atoms with Crippen molar-refractivity contribution in [3.05, 3.63) is 41.1 Å². The maximum atomic E-state index is 12.0. The lowest BCUT2D eigenvalue weighted by atomic mass is 10.2. The van der Waals surface area contributed by atoms with Crippen molar-refractivity contribution in [2.24, 2.45) is 0 Å². The molecule has 2 aromatic rings. The van der Waals surface area contributed by atoms with Crippen molar-refractivity contribution >= 4 is 22.5 Å². The Morgan fingerprint density at radius 1 is 1.32 bits per heavy atom. The highest BCUT2D eigenvalue weighted by atomic mass is 32.2. The van der Waals surface area contributed by atoms with E-state index in [1.165, 1.54) is 5.56 Å². The Kier molecular flexibility index (Phi) is 4.11. The minimum Gasteiger partial charge on any atom is -0.310 e. The van der Waals surface area contributed by atoms with Gasteiger partial charge in [-0.15, -0.1) is 0 Å². The maximum absolute atomic E-state index is 12.0. The number of anilines is 1. The van der Waals surface area contributed by atoms with E-state index in [4.69, 9.17) is 0 Å². The van der Waals surface area contributed by atoms with E-state index in [1.807, 2.05) is 38.1 Å². The Labute approximate surface area is 132 Å². The summed E-state index contributed by atoms with van der Waals surface area (Å²) in [6.07, 6.45) is 1.26. The maximum Gasteiger partial charge on any atom is 0.225 e. The highest BCUT2D eigenvalue weighted by Gasteiger charge is 2.28. The van der Waals surface area contributed by atoms with Crippen molar-refractivity contribution < 1.29 is 9.00 Å². The first-order valence-electron chi connectivity index (χ1n) is 7.41. The van der Waals surface area contributed by atoms with Crippen molar-refractivity contribution in [1.29, 1.82) is 0 Å². The molecule has 1 aromatic carbocycles. The fourth-order valence-corrected chi connectivity index (χ4v) is 3.81. The van der Waals surface area contributed by atoms with E-state index in [1.54, 1.807) is 4.68 Å². The van der Waals surface area contributed by atoms with E-state index in [9.17, 15) is 9.00 Å². The van der Waals surface area contributed by atoms with Crippen LogP contribution in [0.1, 0.15) is 36.6 Å². The van der Waals surface area contributed by atoms with Gasteiger partial charge in [-0.1, -0.05) is 24.6 Å². The van der Waals surface area contributed by atoms with Gasteiger partial charge in [0, 0.05) is 22.8 Å². The normalized spacial score (nSPS) is 16.5. The number of fused-ring (bicyclic) bond motifs is 1. The molecule has 0 aliphatic carbocycles. The minimum atomic E-state index is -0.913. The predicted molar refractivity (Wildman–Crippen MR) is 87.4 cm³/mol. The molecule has 22 heavy (non-hydrogen) atoms. The topological polar surface area (TPSA) is 64.0 Å². The van der Waals surface area contributed by atoms with Crippen molar-refractivity contribution in [1.82, 2.24) is 9.78 Å². The molecular weight excluding hydrogens is 298 g/mol. The van der Waals surface area contributed by atoms with Crippen LogP contribution in [0.2, 0.25) is 0 Å². The number of aryl methyl sites for hydroxylation is 1. The third-order valence-electron chi connectivity index (χ3n) is 3.68. The Balaban J connectivity index is 2.02. The molecule has 1 amide bonds. The molecule has 0 fully saturated rings. The van der Waals surface area contributed by atoms with Gasteiger partial charge in [-0.05, 0) is 25.5 Å². The summed E-state index contributed by atoms with van der Waals surface area (Å²) in [5.74, 6) is 1.56. The zero-order valence-corrected chi connectivity index (χ0v) is 13.6. The summed E-state index contributed by atoms with van der Waals surface area (Å²) in [6.45, 7) is 4.00. The van der Waals surface area contributed by atoms with E-state index in [2.05, 4.69) is 10.4 Å². The molecule has 0 radical (unpaired) electrons. The van der Waals surface area contributed by atoms with Crippen molar-refractivity contribution in [2.75, 3.05) is 5.32 Å². The zero-order chi connectivity index (χ0) is 15.7. The van der Waals surface area contributed by atoms with Crippen LogP contribution in [0, 0.1) is 6.92 Å². The van der Waals surface area contributed by atoms with Gasteiger partial charge in [0.2, 0.25) is 5.91 Å². The largest absolute Gasteiger partial charge is 0.310 e. The van der Waals surface area contributed by atoms with Gasteiger partial charge in [0.05, 0.1) is 22.9 Å². The molecule has 1 aliphatic heterocycles. The average molecular weight is 317 g/mol. The van der Waals surface area contributed by atoms with Gasteiger partial charge in [-0.3, -0.25) is 9.00 Å². The molecule has 0 spiro atoms. The predicted octanol–water partition coefficient (Wildman–Crippen LogP) is 2.68. The number of nitrogens with one attached hydrogen (secondary N) is 1. The van der Waals surface area contributed by atoms with Crippen LogP contribution in [0.5, 0.6) is 0 Å². The molecule has 1 aromatic heterocycles. The Hall–Kier alpha value is -1.95. The van der Waals surface area contributed by atoms with Crippen molar-refractivity contribution in [3.63, 3.8) is 0 Å². The molecule has 6 heteroatoms. The quantitative estimate of drug-likeness (QED) is 0.943. The van der Waals surface area contributed by atoms with Crippen molar-refractivity contribution in [2.45, 2.75) is 38.2 Å². The van der Waals surface area contributed by atoms with Crippen LogP contribution in [-0.2, 0) is 27.1 Å². The molecule has 1 N–H and O–H groups in total. The molecule has 1 atom stereocenters. The second-order valence-electron chi connectivity index (χ2n) is 5.55. The minimum absolute atomic E-state index is 0.0313. The molecule has 5 nitrogen and oxygen atoms in total. The van der Waals surface area contributed by atoms with Crippen LogP contribution in [0.15, 0.2) is 24.3 Å². The number of nitrogens with zero attached hydrogens (tertiary/aromatic N) is 2. The van der Waals surface area contributed by atoms with E-state index in [0.29, 0.717) is 23.7 Å². The molecule has 0 bridgehead atoms. The Bertz CT molecular complexity index is 735. The smallest absolute Gasteiger partial charge is 0.225 e. The van der Waals surface area contributed by atoms with Gasteiger partial charge < -0.3 is 5.32 Å². The van der Waals surface area contributed by atoms with E-state index >= 15 is 0 Å². The highest BCUT2D eigenvalue weighted by molar-refractivity contribution is 7.83. The summed E-state index contributed by atoms with van der Waals surface area (Å²) in [5, 5.41) is 7.52. The first-order valence-corrected chi connectivity index (χ1v) is 8.90. The van der Waals surface area contributed by atoms with Gasteiger partial charge in [-0.25, -0.2) is 4.68 Å². The first-order chi connectivity index (χ1) is 10.6. The lowest BCUT2D eigenvalue weighted by molar-refractivity contribution is -0.116. The first kappa shape index (κ1) is 15.0. The van der Waals surface area contributed by atoms with E-state index in [-0.39, 0.29) is 5.91 Å². The Morgan fingerprint density at radius 3 is 2.73 bits per heavy atom. The summed E-state index contributed by atoms with van der Waals surface area (Å²) in [7, 11) is -0.913. The van der Waals surface area contributed by atoms with Crippen LogP contribution in [0.4, 0.5) is 5.82 Å². The number of carbonyl (C=O) groups excluding carboxylic acids is 1. The van der Waals surface area contributed by atoms with Crippen LogP contribution in [0.25, 0.3) is 5.69 Å². The van der Waals surface area contributed by atoms with Crippen LogP contribution in [0.3, 0.4) is 0 Å². The third kappa shape index (κ3) is 2.83. The molecule has 0 saturated heterocycles. The summed E-state index contributed by atoms with van der Waals surface area (Å²) in [4.78, 5) is 12.0. The Morgan fingerprint density at radius 2 is 2.05 bits per heavy atom. The van der Waals surface area contributed by atoms with Gasteiger partial charge in [0.1, 0.15) is 5.82 Å². The standard InChI is InChI=1S/C16H19N3O2S/c1-3-4-15(20)17-16-13-9-22(21)10-14(13)18-19(16)12-7-5-11(2)6-8-12/h5-8H,3-4,9-10H2,1-2H3,(H,17,20). The van der Waals surface area contributed by atoms with E-state index in [0.717, 1.165) is 23.4 Å². The summed E-state index contributed by atoms with van der Waals surface area (Å²) >= 11 is 0. The molecule has 1 unspecified atom stereocenters. The average Bonchev–Trinajstić information content (AvgIpc) is 2.98. The molecule has 116 valence electrons. The lowest BCUT2D eigenvalue weighted by Crippen LogP contribution is -2.15. The number of hydrogen-bond donors (Lipinski definition) is 1. The van der Waals surface area contributed by atoms with Gasteiger partial charge in [-0.2, -0.15) is 5.10 Å². The fraction of sp³-hybridized carbons (Fsp3) is 0.375. The summed E-state index contributed by atoms with van der Waals surface area (Å²) < 4.78 is 13.5. The number of carbonyl (C=O) groups is 1. The second-order valence-corrected chi connectivity index (χ2v) is 7.00. The zero-order valence-electron chi connectivity index (χ0n) is 12.8. The van der Waals surface area contributed by atoms with Crippen LogP contribution in [-0.4, -0.2) is 19.9 Å². The molecule has 3 rings (SSSR count). The summed E-state index contributed by atoms with van der Waals surface area (Å²) in [5.41, 5.74) is 3.80.